The Morgan fingerprint density at radius 1 is 1.38 bits per heavy atom. The Balaban J connectivity index is 1.84. The highest BCUT2D eigenvalue weighted by Crippen LogP contribution is 2.24. The molecule has 0 radical (unpaired) electrons. The van der Waals surface area contributed by atoms with Gasteiger partial charge in [-0.15, -0.1) is 0 Å². The molecule has 1 aromatic carbocycles. The van der Waals surface area contributed by atoms with Crippen molar-refractivity contribution in [2.45, 2.75) is 32.9 Å². The Labute approximate surface area is 131 Å². The molecule has 1 fully saturated rings. The Morgan fingerprint density at radius 2 is 2.19 bits per heavy atom. The molecule has 2 unspecified atom stereocenters. The fourth-order valence-electron chi connectivity index (χ4n) is 2.96. The molecule has 3 nitrogen and oxygen atoms in total. The maximum atomic E-state index is 6.37. The van der Waals surface area contributed by atoms with Crippen LogP contribution in [0.2, 0.25) is 5.15 Å². The van der Waals surface area contributed by atoms with Gasteiger partial charge in [0.05, 0.1) is 5.52 Å². The first-order chi connectivity index (χ1) is 10.0. The summed E-state index contributed by atoms with van der Waals surface area (Å²) in [6, 6.07) is 8.72. The molecular weight excluding hydrogens is 282 g/mol. The number of hydrogen-bond acceptors (Lipinski definition) is 3. The zero-order valence-corrected chi connectivity index (χ0v) is 13.4. The molecule has 1 saturated heterocycles. The van der Waals surface area contributed by atoms with Crippen LogP contribution < -0.4 is 5.73 Å². The molecule has 1 aliphatic heterocycles. The van der Waals surface area contributed by atoms with Crippen LogP contribution in [0.4, 0.5) is 0 Å². The second kappa shape index (κ2) is 5.91. The summed E-state index contributed by atoms with van der Waals surface area (Å²) in [6.45, 7) is 7.14. The van der Waals surface area contributed by atoms with Gasteiger partial charge in [-0.1, -0.05) is 30.7 Å². The molecule has 3 rings (SSSR count). The van der Waals surface area contributed by atoms with Crippen LogP contribution in [0.5, 0.6) is 0 Å². The van der Waals surface area contributed by atoms with Gasteiger partial charge < -0.3 is 5.73 Å². The van der Waals surface area contributed by atoms with Crippen LogP contribution in [-0.4, -0.2) is 29.0 Å². The first-order valence-corrected chi connectivity index (χ1v) is 7.94. The number of aryl methyl sites for hydroxylation is 1. The molecule has 2 N–H and O–H groups in total. The van der Waals surface area contributed by atoms with Crippen molar-refractivity contribution < 1.29 is 0 Å². The molecule has 1 aromatic heterocycles. The van der Waals surface area contributed by atoms with Crippen molar-refractivity contribution in [1.29, 1.82) is 0 Å². The fraction of sp³-hybridized carbons (Fsp3) is 0.471. The number of rotatable bonds is 2. The maximum absolute atomic E-state index is 6.37. The lowest BCUT2D eigenvalue weighted by Crippen LogP contribution is -2.47. The normalized spacial score (nSPS) is 23.6. The van der Waals surface area contributed by atoms with Gasteiger partial charge in [-0.25, -0.2) is 4.98 Å². The Morgan fingerprint density at radius 3 is 2.95 bits per heavy atom. The largest absolute Gasteiger partial charge is 0.326 e. The van der Waals surface area contributed by atoms with Crippen molar-refractivity contribution in [2.75, 3.05) is 13.1 Å². The highest BCUT2D eigenvalue weighted by molar-refractivity contribution is 6.30. The molecule has 2 aromatic rings. The van der Waals surface area contributed by atoms with Crippen molar-refractivity contribution in [3.05, 3.63) is 40.5 Å². The third-order valence-electron chi connectivity index (χ3n) is 4.49. The number of benzene rings is 1. The van der Waals surface area contributed by atoms with Gasteiger partial charge in [0.15, 0.2) is 0 Å². The summed E-state index contributed by atoms with van der Waals surface area (Å²) in [5.74, 6) is 0.606. The minimum atomic E-state index is 0.258. The zero-order valence-electron chi connectivity index (χ0n) is 12.6. The smallest absolute Gasteiger partial charge is 0.134 e. The van der Waals surface area contributed by atoms with E-state index in [0.29, 0.717) is 11.1 Å². The van der Waals surface area contributed by atoms with Crippen LogP contribution in [0.1, 0.15) is 24.5 Å². The van der Waals surface area contributed by atoms with Crippen molar-refractivity contribution in [3.63, 3.8) is 0 Å². The second-order valence-corrected chi connectivity index (χ2v) is 6.66. The molecule has 0 bridgehead atoms. The molecule has 2 heterocycles. The van der Waals surface area contributed by atoms with Crippen LogP contribution in [-0.2, 0) is 6.54 Å². The van der Waals surface area contributed by atoms with E-state index in [0.717, 1.165) is 42.5 Å². The molecule has 112 valence electrons. The van der Waals surface area contributed by atoms with Crippen molar-refractivity contribution in [1.82, 2.24) is 9.88 Å². The number of hydrogen-bond donors (Lipinski definition) is 1. The number of likely N-dealkylation sites (tertiary alicyclic amines) is 1. The second-order valence-electron chi connectivity index (χ2n) is 6.30. The first kappa shape index (κ1) is 14.8. The van der Waals surface area contributed by atoms with Gasteiger partial charge in [0, 0.05) is 30.1 Å². The SMILES string of the molecule is Cc1ccc2cc(CN3CCC(C)C(N)C3)c(Cl)nc2c1. The summed E-state index contributed by atoms with van der Waals surface area (Å²) in [5, 5.41) is 1.76. The average molecular weight is 304 g/mol. The predicted molar refractivity (Wildman–Crippen MR) is 88.5 cm³/mol. The van der Waals surface area contributed by atoms with E-state index in [1.54, 1.807) is 0 Å². The van der Waals surface area contributed by atoms with Gasteiger partial charge in [-0.3, -0.25) is 4.90 Å². The number of nitrogens with zero attached hydrogens (tertiary/aromatic N) is 2. The van der Waals surface area contributed by atoms with Crippen LogP contribution in [0.3, 0.4) is 0 Å². The topological polar surface area (TPSA) is 42.1 Å². The van der Waals surface area contributed by atoms with Crippen LogP contribution in [0.25, 0.3) is 10.9 Å². The number of fused-ring (bicyclic) bond motifs is 1. The third kappa shape index (κ3) is 3.20. The minimum Gasteiger partial charge on any atom is -0.326 e. The third-order valence-corrected chi connectivity index (χ3v) is 4.82. The Hall–Kier alpha value is -1.16. The van der Waals surface area contributed by atoms with Gasteiger partial charge in [0.25, 0.3) is 0 Å². The van der Waals surface area contributed by atoms with Crippen LogP contribution in [0.15, 0.2) is 24.3 Å². The van der Waals surface area contributed by atoms with Gasteiger partial charge in [0.2, 0.25) is 0 Å². The van der Waals surface area contributed by atoms with E-state index in [1.165, 1.54) is 5.56 Å². The van der Waals surface area contributed by atoms with E-state index in [1.807, 2.05) is 0 Å². The average Bonchev–Trinajstić information content (AvgIpc) is 2.44. The fourth-order valence-corrected chi connectivity index (χ4v) is 3.17. The molecule has 0 aliphatic carbocycles. The molecule has 4 heteroatoms. The molecule has 0 spiro atoms. The summed E-state index contributed by atoms with van der Waals surface area (Å²) in [6.07, 6.45) is 1.15. The van der Waals surface area contributed by atoms with E-state index >= 15 is 0 Å². The molecule has 0 amide bonds. The highest BCUT2D eigenvalue weighted by Gasteiger charge is 2.23. The lowest BCUT2D eigenvalue weighted by molar-refractivity contribution is 0.162. The van der Waals surface area contributed by atoms with Crippen molar-refractivity contribution in [2.24, 2.45) is 11.7 Å². The van der Waals surface area contributed by atoms with E-state index in [4.69, 9.17) is 17.3 Å². The zero-order chi connectivity index (χ0) is 15.0. The Bertz CT molecular complexity index is 656. The number of aromatic nitrogens is 1. The molecule has 0 saturated carbocycles. The Kier molecular flexibility index (Phi) is 4.16. The first-order valence-electron chi connectivity index (χ1n) is 7.56. The van der Waals surface area contributed by atoms with Gasteiger partial charge >= 0.3 is 0 Å². The summed E-state index contributed by atoms with van der Waals surface area (Å²) < 4.78 is 0. The summed E-state index contributed by atoms with van der Waals surface area (Å²) in [4.78, 5) is 6.93. The number of pyridine rings is 1. The van der Waals surface area contributed by atoms with E-state index < -0.39 is 0 Å². The minimum absolute atomic E-state index is 0.258. The van der Waals surface area contributed by atoms with Crippen molar-refractivity contribution in [3.8, 4) is 0 Å². The summed E-state index contributed by atoms with van der Waals surface area (Å²) in [5.41, 5.74) is 9.44. The highest BCUT2D eigenvalue weighted by atomic mass is 35.5. The summed E-state index contributed by atoms with van der Waals surface area (Å²) in [7, 11) is 0. The molecule has 1 aliphatic rings. The number of nitrogens with two attached hydrogens (primary N) is 1. The van der Waals surface area contributed by atoms with Crippen molar-refractivity contribution >= 4 is 22.5 Å². The molecular formula is C17H22ClN3. The molecule has 21 heavy (non-hydrogen) atoms. The number of halogens is 1. The van der Waals surface area contributed by atoms with Gasteiger partial charge in [0.1, 0.15) is 5.15 Å². The standard InChI is InChI=1S/C17H22ClN3/c1-11-3-4-13-8-14(17(18)20-16(13)7-11)9-21-6-5-12(2)15(19)10-21/h3-4,7-8,12,15H,5-6,9-10,19H2,1-2H3. The van der Waals surface area contributed by atoms with Gasteiger partial charge in [-0.2, -0.15) is 0 Å². The lowest BCUT2D eigenvalue weighted by Gasteiger charge is -2.35. The maximum Gasteiger partial charge on any atom is 0.134 e. The summed E-state index contributed by atoms with van der Waals surface area (Å²) >= 11 is 6.37. The van der Waals surface area contributed by atoms with Crippen LogP contribution >= 0.6 is 11.6 Å². The van der Waals surface area contributed by atoms with E-state index in [9.17, 15) is 0 Å². The van der Waals surface area contributed by atoms with E-state index in [2.05, 4.69) is 48.0 Å². The molecule has 2 atom stereocenters. The monoisotopic (exact) mass is 303 g/mol. The predicted octanol–water partition coefficient (Wildman–Crippen LogP) is 3.37. The van der Waals surface area contributed by atoms with E-state index in [-0.39, 0.29) is 6.04 Å². The van der Waals surface area contributed by atoms with Crippen LogP contribution in [0, 0.1) is 12.8 Å². The number of piperidine rings is 1. The quantitative estimate of drug-likeness (QED) is 0.865. The lowest BCUT2D eigenvalue weighted by atomic mass is 9.94. The van der Waals surface area contributed by atoms with Gasteiger partial charge in [-0.05, 0) is 43.5 Å².